The minimum absolute atomic E-state index is 0.194. The van der Waals surface area contributed by atoms with Gasteiger partial charge >= 0.3 is 24.2 Å². The molecule has 0 radical (unpaired) electrons. The van der Waals surface area contributed by atoms with Gasteiger partial charge in [-0.2, -0.15) is 26.3 Å². The third kappa shape index (κ3) is 6.81. The molecule has 1 aliphatic rings. The highest BCUT2D eigenvalue weighted by molar-refractivity contribution is 6.06. The number of ether oxygens (including phenoxy) is 3. The summed E-state index contributed by atoms with van der Waals surface area (Å²) in [6.45, 7) is 0. The lowest BCUT2D eigenvalue weighted by Crippen LogP contribution is -2.28. The molecule has 0 spiro atoms. The van der Waals surface area contributed by atoms with Crippen molar-refractivity contribution in [2.45, 2.75) is 5.41 Å². The third-order valence-electron chi connectivity index (χ3n) is 8.39. The molecule has 51 heavy (non-hydrogen) atoms. The summed E-state index contributed by atoms with van der Waals surface area (Å²) in [5.74, 6) is -0.0131. The fraction of sp³-hybridized carbons (Fsp3) is 0.0488. The maximum atomic E-state index is 13.6. The lowest BCUT2D eigenvalue weighted by Gasteiger charge is -2.34. The number of hydrogen-bond donors (Lipinski definition) is 0. The molecule has 256 valence electrons. The molecule has 5 aromatic carbocycles. The van der Waals surface area contributed by atoms with Gasteiger partial charge in [-0.3, -0.25) is 4.79 Å². The summed E-state index contributed by atoms with van der Waals surface area (Å²) in [5, 5.41) is 0. The van der Waals surface area contributed by atoms with Gasteiger partial charge in [0.1, 0.15) is 17.2 Å². The Morgan fingerprint density at radius 1 is 0.608 bits per heavy atom. The minimum atomic E-state index is -2.61. The van der Waals surface area contributed by atoms with E-state index in [0.29, 0.717) is 28.0 Å². The molecule has 1 aliphatic carbocycles. The lowest BCUT2D eigenvalue weighted by atomic mass is 9.67. The topological polar surface area (TPSA) is 44.8 Å². The van der Waals surface area contributed by atoms with Gasteiger partial charge in [0.2, 0.25) is 0 Å². The molecule has 0 saturated heterocycles. The standard InChI is InChI=1S/C41H26F6O4/c1-49-36-13-7-3-9-25(36)8-2-6-12-35(48)26-14-23-32-31-10-4-5-11-33(31)41(34(32)24-26,27-15-19-29(20-16-27)50-39(46)37(42)43)28-17-21-30(22-18-28)51-40(47)38(44)45/h2-24H,1H3. The Kier molecular flexibility index (Phi) is 9.95. The van der Waals surface area contributed by atoms with Crippen LogP contribution in [-0.2, 0) is 5.41 Å². The van der Waals surface area contributed by atoms with Gasteiger partial charge in [-0.05, 0) is 75.9 Å². The molecule has 0 aliphatic heterocycles. The number of allylic oxidation sites excluding steroid dienone is 3. The van der Waals surface area contributed by atoms with Crippen LogP contribution in [0.1, 0.15) is 38.2 Å². The van der Waals surface area contributed by atoms with Gasteiger partial charge in [0.15, 0.2) is 5.78 Å². The fourth-order valence-corrected chi connectivity index (χ4v) is 6.25. The first kappa shape index (κ1) is 34.6. The number of carbonyl (C=O) groups is 1. The predicted octanol–water partition coefficient (Wildman–Crippen LogP) is 11.3. The number of fused-ring (bicyclic) bond motifs is 3. The van der Waals surface area contributed by atoms with Crippen LogP contribution in [0.15, 0.2) is 158 Å². The summed E-state index contributed by atoms with van der Waals surface area (Å²) in [4.78, 5) is 13.6. The van der Waals surface area contributed by atoms with E-state index in [1.807, 2.05) is 54.6 Å². The third-order valence-corrected chi connectivity index (χ3v) is 8.39. The molecule has 0 amide bonds. The summed E-state index contributed by atoms with van der Waals surface area (Å²) in [6.07, 6.45) is 1.34. The van der Waals surface area contributed by atoms with Crippen molar-refractivity contribution < 1.29 is 45.3 Å². The van der Waals surface area contributed by atoms with Crippen molar-refractivity contribution in [3.8, 4) is 28.4 Å². The van der Waals surface area contributed by atoms with Crippen molar-refractivity contribution in [3.63, 3.8) is 0 Å². The van der Waals surface area contributed by atoms with Crippen molar-refractivity contribution in [1.29, 1.82) is 0 Å². The van der Waals surface area contributed by atoms with Gasteiger partial charge in [-0.15, -0.1) is 0 Å². The van der Waals surface area contributed by atoms with Gasteiger partial charge < -0.3 is 14.2 Å². The first-order valence-corrected chi connectivity index (χ1v) is 15.4. The smallest absolute Gasteiger partial charge is 0.344 e. The van der Waals surface area contributed by atoms with Crippen LogP contribution >= 0.6 is 0 Å². The van der Waals surface area contributed by atoms with Crippen molar-refractivity contribution in [2.24, 2.45) is 0 Å². The van der Waals surface area contributed by atoms with Crippen LogP contribution < -0.4 is 14.2 Å². The average molecular weight is 697 g/mol. The number of methoxy groups -OCH3 is 1. The van der Waals surface area contributed by atoms with E-state index in [2.05, 4.69) is 9.47 Å². The van der Waals surface area contributed by atoms with Crippen LogP contribution in [0.25, 0.3) is 17.2 Å². The Morgan fingerprint density at radius 3 is 1.75 bits per heavy atom. The Balaban J connectivity index is 1.47. The lowest BCUT2D eigenvalue weighted by molar-refractivity contribution is 0.104. The van der Waals surface area contributed by atoms with E-state index in [4.69, 9.17) is 4.74 Å². The number of para-hydroxylation sites is 1. The number of rotatable bonds is 11. The van der Waals surface area contributed by atoms with Crippen LogP contribution in [0, 0.1) is 0 Å². The predicted molar refractivity (Wildman–Crippen MR) is 181 cm³/mol. The average Bonchev–Trinajstić information content (AvgIpc) is 3.44. The summed E-state index contributed by atoms with van der Waals surface area (Å²) in [5.41, 5.74) is 4.17. The fourth-order valence-electron chi connectivity index (χ4n) is 6.25. The monoisotopic (exact) mass is 696 g/mol. The normalized spacial score (nSPS) is 12.7. The van der Waals surface area contributed by atoms with Crippen molar-refractivity contribution in [1.82, 2.24) is 0 Å². The Labute approximate surface area is 288 Å². The van der Waals surface area contributed by atoms with Gasteiger partial charge in [-0.1, -0.05) is 97.1 Å². The summed E-state index contributed by atoms with van der Waals surface area (Å²) in [6, 6.07) is 27.7. The number of halogens is 6. The highest BCUT2D eigenvalue weighted by Crippen LogP contribution is 2.56. The van der Waals surface area contributed by atoms with E-state index in [-0.39, 0.29) is 17.3 Å². The van der Waals surface area contributed by atoms with Crippen LogP contribution in [0.2, 0.25) is 0 Å². The van der Waals surface area contributed by atoms with Crippen molar-refractivity contribution in [3.05, 3.63) is 191 Å². The molecule has 5 aromatic rings. The van der Waals surface area contributed by atoms with Crippen LogP contribution in [-0.4, -0.2) is 12.9 Å². The van der Waals surface area contributed by atoms with Crippen LogP contribution in [0.5, 0.6) is 17.2 Å². The molecule has 0 saturated carbocycles. The number of benzene rings is 5. The second kappa shape index (κ2) is 14.7. The Hall–Kier alpha value is -6.29. The first-order valence-electron chi connectivity index (χ1n) is 15.4. The number of carbonyl (C=O) groups excluding carboxylic acids is 1. The summed E-state index contributed by atoms with van der Waals surface area (Å²) >= 11 is 0. The number of ketones is 1. The van der Waals surface area contributed by atoms with Crippen LogP contribution in [0.3, 0.4) is 0 Å². The molecule has 0 bridgehead atoms. The Morgan fingerprint density at radius 2 is 1.16 bits per heavy atom. The zero-order valence-electron chi connectivity index (χ0n) is 26.7. The van der Waals surface area contributed by atoms with E-state index in [9.17, 15) is 31.1 Å². The second-order valence-electron chi connectivity index (χ2n) is 11.2. The SMILES string of the molecule is COc1ccccc1C=CC=CC(=O)c1ccc2c(c1)C(c1ccc(OC(F)=C(F)F)cc1)(c1ccc(OC(F)=C(F)F)cc1)c1ccccc1-2. The van der Waals surface area contributed by atoms with E-state index in [1.54, 1.807) is 61.7 Å². The molecular formula is C41H26F6O4. The van der Waals surface area contributed by atoms with E-state index >= 15 is 0 Å². The van der Waals surface area contributed by atoms with Gasteiger partial charge in [0.05, 0.1) is 12.5 Å². The number of hydrogen-bond acceptors (Lipinski definition) is 4. The second-order valence-corrected chi connectivity index (χ2v) is 11.2. The molecule has 6 rings (SSSR count). The van der Waals surface area contributed by atoms with Crippen LogP contribution in [0.4, 0.5) is 26.3 Å². The van der Waals surface area contributed by atoms with Crippen molar-refractivity contribution >= 4 is 11.9 Å². The van der Waals surface area contributed by atoms with Gasteiger partial charge in [0.25, 0.3) is 0 Å². The quantitative estimate of drug-likeness (QED) is 0.0445. The molecule has 0 unspecified atom stereocenters. The summed E-state index contributed by atoms with van der Waals surface area (Å²) < 4.78 is 93.1. The molecule has 0 heterocycles. The van der Waals surface area contributed by atoms with Gasteiger partial charge in [0, 0.05) is 11.1 Å². The van der Waals surface area contributed by atoms with Crippen molar-refractivity contribution in [2.75, 3.05) is 7.11 Å². The molecule has 0 fully saturated rings. The maximum Gasteiger partial charge on any atom is 0.344 e. The van der Waals surface area contributed by atoms with E-state index in [0.717, 1.165) is 22.3 Å². The summed E-state index contributed by atoms with van der Waals surface area (Å²) in [7, 11) is 1.57. The minimum Gasteiger partial charge on any atom is -0.496 e. The zero-order chi connectivity index (χ0) is 36.1. The zero-order valence-corrected chi connectivity index (χ0v) is 26.7. The van der Waals surface area contributed by atoms with E-state index in [1.165, 1.54) is 30.3 Å². The molecule has 0 atom stereocenters. The highest BCUT2D eigenvalue weighted by atomic mass is 19.3. The molecule has 0 N–H and O–H groups in total. The molecule has 4 nitrogen and oxygen atoms in total. The highest BCUT2D eigenvalue weighted by Gasteiger charge is 2.46. The molecular weight excluding hydrogens is 670 g/mol. The van der Waals surface area contributed by atoms with Gasteiger partial charge in [-0.25, -0.2) is 0 Å². The van der Waals surface area contributed by atoms with E-state index < -0.39 is 29.6 Å². The maximum absolute atomic E-state index is 13.6. The first-order chi connectivity index (χ1) is 24.6. The Bertz CT molecular complexity index is 2140. The largest absolute Gasteiger partial charge is 0.496 e. The molecule has 10 heteroatoms. The molecule has 0 aromatic heterocycles.